The molecule has 0 spiro atoms. The summed E-state index contributed by atoms with van der Waals surface area (Å²) < 4.78 is 10.4. The molecule has 2 atom stereocenters. The highest BCUT2D eigenvalue weighted by atomic mass is 16.5. The Labute approximate surface area is 143 Å². The summed E-state index contributed by atoms with van der Waals surface area (Å²) in [6.07, 6.45) is 2.05. The summed E-state index contributed by atoms with van der Waals surface area (Å²) in [5, 5.41) is 3.20. The van der Waals surface area contributed by atoms with Gasteiger partial charge in [-0.25, -0.2) is 4.79 Å². The maximum atomic E-state index is 12.5. The van der Waals surface area contributed by atoms with Crippen molar-refractivity contribution in [2.24, 2.45) is 11.3 Å². The van der Waals surface area contributed by atoms with Gasteiger partial charge in [0.25, 0.3) is 0 Å². The highest BCUT2D eigenvalue weighted by Crippen LogP contribution is 2.39. The Kier molecular flexibility index (Phi) is 5.86. The second kappa shape index (κ2) is 7.69. The Bertz CT molecular complexity index is 580. The number of rotatable bonds is 6. The molecule has 1 fully saturated rings. The number of benzene rings is 1. The molecule has 1 unspecified atom stereocenters. The zero-order valence-corrected chi connectivity index (χ0v) is 14.9. The van der Waals surface area contributed by atoms with Crippen molar-refractivity contribution in [2.45, 2.75) is 46.1 Å². The molecule has 5 nitrogen and oxygen atoms in total. The fourth-order valence-electron chi connectivity index (χ4n) is 3.18. The summed E-state index contributed by atoms with van der Waals surface area (Å²) in [5.41, 5.74) is 0.815. The van der Waals surface area contributed by atoms with E-state index >= 15 is 0 Å². The van der Waals surface area contributed by atoms with Gasteiger partial charge in [0, 0.05) is 18.0 Å². The van der Waals surface area contributed by atoms with Crippen LogP contribution in [0.5, 0.6) is 5.75 Å². The normalized spacial score (nSPS) is 21.0. The zero-order chi connectivity index (χ0) is 17.7. The Balaban J connectivity index is 2.23. The molecule has 0 saturated heterocycles. The van der Waals surface area contributed by atoms with Crippen LogP contribution < -0.4 is 10.1 Å². The van der Waals surface area contributed by atoms with Crippen LogP contribution in [-0.4, -0.2) is 31.5 Å². The minimum absolute atomic E-state index is 0.0465. The molecule has 1 aliphatic carbocycles. The van der Waals surface area contributed by atoms with Gasteiger partial charge >= 0.3 is 5.97 Å². The third-order valence-electron chi connectivity index (χ3n) is 4.59. The first-order valence-corrected chi connectivity index (χ1v) is 8.46. The van der Waals surface area contributed by atoms with Crippen molar-refractivity contribution in [1.82, 2.24) is 0 Å². The summed E-state index contributed by atoms with van der Waals surface area (Å²) in [6, 6.07) is 6.65. The molecular weight excluding hydrogens is 306 g/mol. The number of ketones is 1. The third kappa shape index (κ3) is 4.49. The van der Waals surface area contributed by atoms with Crippen LogP contribution >= 0.6 is 0 Å². The topological polar surface area (TPSA) is 64.6 Å². The van der Waals surface area contributed by atoms with E-state index in [2.05, 4.69) is 19.2 Å². The van der Waals surface area contributed by atoms with Crippen LogP contribution in [0, 0.1) is 11.3 Å². The van der Waals surface area contributed by atoms with E-state index in [0.29, 0.717) is 19.4 Å². The van der Waals surface area contributed by atoms with Gasteiger partial charge in [0.1, 0.15) is 17.6 Å². The molecule has 0 amide bonds. The summed E-state index contributed by atoms with van der Waals surface area (Å²) in [7, 11) is 1.60. The van der Waals surface area contributed by atoms with Gasteiger partial charge in [-0.1, -0.05) is 13.8 Å². The van der Waals surface area contributed by atoms with Gasteiger partial charge in [0.05, 0.1) is 13.7 Å². The monoisotopic (exact) mass is 333 g/mol. The molecule has 1 N–H and O–H groups in total. The number of nitrogens with one attached hydrogen (secondary N) is 1. The smallest absolute Gasteiger partial charge is 0.329 e. The van der Waals surface area contributed by atoms with Crippen molar-refractivity contribution in [3.8, 4) is 5.75 Å². The van der Waals surface area contributed by atoms with Gasteiger partial charge in [-0.05, 0) is 49.4 Å². The molecule has 0 aliphatic heterocycles. The molecule has 1 aliphatic rings. The Morgan fingerprint density at radius 1 is 1.33 bits per heavy atom. The number of hydrogen-bond acceptors (Lipinski definition) is 5. The van der Waals surface area contributed by atoms with Crippen LogP contribution in [0.2, 0.25) is 0 Å². The van der Waals surface area contributed by atoms with Gasteiger partial charge in [0.15, 0.2) is 0 Å². The number of carbonyl (C=O) groups is 2. The molecule has 1 saturated carbocycles. The predicted molar refractivity (Wildman–Crippen MR) is 93.2 cm³/mol. The lowest BCUT2D eigenvalue weighted by atomic mass is 9.69. The first kappa shape index (κ1) is 18.3. The van der Waals surface area contributed by atoms with Gasteiger partial charge < -0.3 is 14.8 Å². The van der Waals surface area contributed by atoms with Crippen molar-refractivity contribution in [2.75, 3.05) is 19.0 Å². The molecule has 0 heterocycles. The second-order valence-corrected chi connectivity index (χ2v) is 7.04. The summed E-state index contributed by atoms with van der Waals surface area (Å²) in [6.45, 7) is 6.35. The third-order valence-corrected chi connectivity index (χ3v) is 4.59. The number of hydrogen-bond donors (Lipinski definition) is 1. The van der Waals surface area contributed by atoms with E-state index in [-0.39, 0.29) is 23.1 Å². The number of Topliss-reactive ketones (excluding diaryl/α,β-unsaturated/α-hetero) is 1. The molecule has 132 valence electrons. The fraction of sp³-hybridized carbons (Fsp3) is 0.579. The Hall–Kier alpha value is -2.04. The number of methoxy groups -OCH3 is 1. The molecule has 0 radical (unpaired) electrons. The minimum Gasteiger partial charge on any atom is -0.497 e. The number of esters is 1. The van der Waals surface area contributed by atoms with Crippen molar-refractivity contribution in [1.29, 1.82) is 0 Å². The molecule has 0 bridgehead atoms. The fourth-order valence-corrected chi connectivity index (χ4v) is 3.18. The van der Waals surface area contributed by atoms with E-state index in [1.807, 2.05) is 24.3 Å². The number of ether oxygens (including phenoxy) is 2. The van der Waals surface area contributed by atoms with Crippen molar-refractivity contribution in [3.63, 3.8) is 0 Å². The average Bonchev–Trinajstić information content (AvgIpc) is 2.56. The summed E-state index contributed by atoms with van der Waals surface area (Å²) in [5.74, 6) is 0.135. The SMILES string of the molecule is CCOC(=O)C(Nc1ccc(OC)cc1)[C@H]1CC(C)(C)CCC1=O. The molecular formula is C19H27NO4. The lowest BCUT2D eigenvalue weighted by Gasteiger charge is -2.37. The number of anilines is 1. The molecule has 0 aromatic heterocycles. The molecule has 2 rings (SSSR count). The largest absolute Gasteiger partial charge is 0.497 e. The molecule has 1 aromatic carbocycles. The lowest BCUT2D eigenvalue weighted by Crippen LogP contribution is -2.46. The van der Waals surface area contributed by atoms with E-state index in [9.17, 15) is 9.59 Å². The predicted octanol–water partition coefficient (Wildman–Crippen LogP) is 3.43. The van der Waals surface area contributed by atoms with E-state index in [0.717, 1.165) is 17.9 Å². The van der Waals surface area contributed by atoms with Crippen LogP contribution in [0.1, 0.15) is 40.0 Å². The maximum absolute atomic E-state index is 12.5. The standard InChI is InChI=1S/C19H27NO4/c1-5-24-18(22)17(15-12-19(2,3)11-10-16(15)21)20-13-6-8-14(23-4)9-7-13/h6-9,15,17,20H,5,10-12H2,1-4H3/t15-,17?/m0/s1. The van der Waals surface area contributed by atoms with Crippen molar-refractivity contribution in [3.05, 3.63) is 24.3 Å². The van der Waals surface area contributed by atoms with E-state index in [1.54, 1.807) is 14.0 Å². The first-order valence-electron chi connectivity index (χ1n) is 8.46. The molecule has 24 heavy (non-hydrogen) atoms. The highest BCUT2D eigenvalue weighted by Gasteiger charge is 2.41. The highest BCUT2D eigenvalue weighted by molar-refractivity contribution is 5.91. The minimum atomic E-state index is -0.662. The summed E-state index contributed by atoms with van der Waals surface area (Å²) in [4.78, 5) is 24.9. The van der Waals surface area contributed by atoms with E-state index < -0.39 is 6.04 Å². The van der Waals surface area contributed by atoms with E-state index in [4.69, 9.17) is 9.47 Å². The van der Waals surface area contributed by atoms with Gasteiger partial charge in [-0.3, -0.25) is 4.79 Å². The van der Waals surface area contributed by atoms with Gasteiger partial charge in [-0.15, -0.1) is 0 Å². The Morgan fingerprint density at radius 3 is 2.58 bits per heavy atom. The lowest BCUT2D eigenvalue weighted by molar-refractivity contribution is -0.148. The summed E-state index contributed by atoms with van der Waals surface area (Å²) >= 11 is 0. The first-order chi connectivity index (χ1) is 11.4. The van der Waals surface area contributed by atoms with Crippen molar-refractivity contribution >= 4 is 17.4 Å². The molecule has 5 heteroatoms. The van der Waals surface area contributed by atoms with Crippen molar-refractivity contribution < 1.29 is 19.1 Å². The van der Waals surface area contributed by atoms with Crippen LogP contribution in [-0.2, 0) is 14.3 Å². The Morgan fingerprint density at radius 2 is 2.00 bits per heavy atom. The van der Waals surface area contributed by atoms with Gasteiger partial charge in [0.2, 0.25) is 0 Å². The van der Waals surface area contributed by atoms with E-state index in [1.165, 1.54) is 0 Å². The van der Waals surface area contributed by atoms with Crippen LogP contribution in [0.3, 0.4) is 0 Å². The van der Waals surface area contributed by atoms with Gasteiger partial charge in [-0.2, -0.15) is 0 Å². The number of carbonyl (C=O) groups excluding carboxylic acids is 2. The quantitative estimate of drug-likeness (QED) is 0.808. The molecule has 1 aromatic rings. The van der Waals surface area contributed by atoms with Crippen LogP contribution in [0.4, 0.5) is 5.69 Å². The average molecular weight is 333 g/mol. The maximum Gasteiger partial charge on any atom is 0.329 e. The van der Waals surface area contributed by atoms with Crippen LogP contribution in [0.25, 0.3) is 0 Å². The van der Waals surface area contributed by atoms with Crippen LogP contribution in [0.15, 0.2) is 24.3 Å². The zero-order valence-electron chi connectivity index (χ0n) is 14.9. The second-order valence-electron chi connectivity index (χ2n) is 7.04.